The van der Waals surface area contributed by atoms with Crippen molar-refractivity contribution in [1.82, 2.24) is 4.98 Å². The quantitative estimate of drug-likeness (QED) is 0.348. The van der Waals surface area contributed by atoms with Crippen molar-refractivity contribution in [1.29, 1.82) is 0 Å². The standard InChI is InChI=1S/C22H19F4NO/c1-4-15(6-5-14(2)3)16-7-10-20(27-12-16)22(25,26)21(13-28-21)18-9-8-17(23)11-19(18)24/h4-12H,2,13H2,1,3H3. The first-order chi connectivity index (χ1) is 13.2. The monoisotopic (exact) mass is 389 g/mol. The molecule has 6 heteroatoms. The fraction of sp³-hybridized carbons (Fsp3) is 0.227. The van der Waals surface area contributed by atoms with Crippen LogP contribution in [0.4, 0.5) is 17.6 Å². The molecule has 1 saturated heterocycles. The summed E-state index contributed by atoms with van der Waals surface area (Å²) in [5.74, 6) is -5.51. The molecule has 3 rings (SSSR count). The van der Waals surface area contributed by atoms with E-state index < -0.39 is 28.9 Å². The Morgan fingerprint density at radius 2 is 1.93 bits per heavy atom. The summed E-state index contributed by atoms with van der Waals surface area (Å²) >= 11 is 0. The first-order valence-corrected chi connectivity index (χ1v) is 8.65. The highest BCUT2D eigenvalue weighted by Gasteiger charge is 2.68. The summed E-state index contributed by atoms with van der Waals surface area (Å²) < 4.78 is 62.5. The molecule has 0 radical (unpaired) electrons. The van der Waals surface area contributed by atoms with Crippen LogP contribution in [0.5, 0.6) is 0 Å². The van der Waals surface area contributed by atoms with E-state index in [0.29, 0.717) is 11.6 Å². The van der Waals surface area contributed by atoms with Crippen molar-refractivity contribution in [2.24, 2.45) is 0 Å². The molecular weight excluding hydrogens is 370 g/mol. The number of hydrogen-bond donors (Lipinski definition) is 0. The molecule has 1 atom stereocenters. The van der Waals surface area contributed by atoms with Gasteiger partial charge in [0.15, 0.2) is 5.60 Å². The Bertz CT molecular complexity index is 957. The number of nitrogens with zero attached hydrogens (tertiary/aromatic N) is 1. The highest BCUT2D eigenvalue weighted by Crippen LogP contribution is 2.56. The SMILES string of the molecule is C=C(C)C=CC(=CC)c1ccc(C(F)(F)C2(c3ccc(F)cc3F)CO2)nc1. The Kier molecular flexibility index (Phi) is 5.26. The van der Waals surface area contributed by atoms with Gasteiger partial charge in [-0.25, -0.2) is 8.78 Å². The van der Waals surface area contributed by atoms with E-state index in [-0.39, 0.29) is 12.2 Å². The van der Waals surface area contributed by atoms with Crippen molar-refractivity contribution in [2.45, 2.75) is 25.4 Å². The minimum atomic E-state index is -3.59. The summed E-state index contributed by atoms with van der Waals surface area (Å²) in [6.45, 7) is 7.07. The summed E-state index contributed by atoms with van der Waals surface area (Å²) in [5.41, 5.74) is -0.807. The number of allylic oxidation sites excluding steroid dienone is 5. The second-order valence-corrected chi connectivity index (χ2v) is 6.67. The lowest BCUT2D eigenvalue weighted by molar-refractivity contribution is -0.0901. The van der Waals surface area contributed by atoms with Crippen LogP contribution in [0.1, 0.15) is 30.7 Å². The zero-order valence-electron chi connectivity index (χ0n) is 15.5. The van der Waals surface area contributed by atoms with Gasteiger partial charge in [0.2, 0.25) is 0 Å². The average molecular weight is 389 g/mol. The Balaban J connectivity index is 1.93. The summed E-state index contributed by atoms with van der Waals surface area (Å²) in [5, 5.41) is 0. The maximum atomic E-state index is 15.1. The third-order valence-corrected chi connectivity index (χ3v) is 4.58. The van der Waals surface area contributed by atoms with E-state index in [9.17, 15) is 8.78 Å². The molecule has 1 aromatic heterocycles. The summed E-state index contributed by atoms with van der Waals surface area (Å²) in [7, 11) is 0. The molecule has 1 unspecified atom stereocenters. The van der Waals surface area contributed by atoms with Crippen LogP contribution in [0.25, 0.3) is 5.57 Å². The fourth-order valence-electron chi connectivity index (χ4n) is 2.94. The zero-order chi connectivity index (χ0) is 20.5. The van der Waals surface area contributed by atoms with E-state index in [1.807, 2.05) is 32.1 Å². The van der Waals surface area contributed by atoms with Crippen LogP contribution in [0.3, 0.4) is 0 Å². The summed E-state index contributed by atoms with van der Waals surface area (Å²) in [6, 6.07) is 5.20. The molecule has 0 bridgehead atoms. The molecule has 2 heterocycles. The number of ether oxygens (including phenoxy) is 1. The van der Waals surface area contributed by atoms with E-state index in [1.165, 1.54) is 18.3 Å². The molecule has 1 fully saturated rings. The smallest absolute Gasteiger partial charge is 0.324 e. The van der Waals surface area contributed by atoms with Gasteiger partial charge in [0.1, 0.15) is 17.3 Å². The number of halogens is 4. The average Bonchev–Trinajstić information content (AvgIpc) is 3.44. The molecule has 1 aromatic carbocycles. The number of rotatable bonds is 6. The number of aromatic nitrogens is 1. The maximum absolute atomic E-state index is 15.1. The van der Waals surface area contributed by atoms with Crippen molar-refractivity contribution in [3.63, 3.8) is 0 Å². The van der Waals surface area contributed by atoms with Gasteiger partial charge < -0.3 is 4.74 Å². The molecule has 0 amide bonds. The predicted octanol–water partition coefficient (Wildman–Crippen LogP) is 5.91. The number of benzene rings is 1. The molecule has 1 aliphatic rings. The van der Waals surface area contributed by atoms with Crippen LogP contribution in [0.15, 0.2) is 66.9 Å². The number of alkyl halides is 2. The first kappa shape index (κ1) is 20.0. The van der Waals surface area contributed by atoms with Gasteiger partial charge in [-0.05, 0) is 43.2 Å². The third kappa shape index (κ3) is 3.52. The van der Waals surface area contributed by atoms with Crippen LogP contribution in [-0.2, 0) is 16.3 Å². The van der Waals surface area contributed by atoms with Gasteiger partial charge in [0.05, 0.1) is 6.61 Å². The fourth-order valence-corrected chi connectivity index (χ4v) is 2.94. The van der Waals surface area contributed by atoms with Crippen LogP contribution in [0, 0.1) is 11.6 Å². The Morgan fingerprint density at radius 1 is 1.21 bits per heavy atom. The van der Waals surface area contributed by atoms with Crippen LogP contribution < -0.4 is 0 Å². The molecule has 0 saturated carbocycles. The van der Waals surface area contributed by atoms with Crippen molar-refractivity contribution >= 4 is 5.57 Å². The van der Waals surface area contributed by atoms with Gasteiger partial charge in [0, 0.05) is 17.8 Å². The molecule has 0 N–H and O–H groups in total. The third-order valence-electron chi connectivity index (χ3n) is 4.58. The van der Waals surface area contributed by atoms with Crippen molar-refractivity contribution in [2.75, 3.05) is 6.61 Å². The maximum Gasteiger partial charge on any atom is 0.324 e. The lowest BCUT2D eigenvalue weighted by atomic mass is 9.90. The molecular formula is C22H19F4NO. The lowest BCUT2D eigenvalue weighted by Gasteiger charge is -2.24. The largest absolute Gasteiger partial charge is 0.357 e. The lowest BCUT2D eigenvalue weighted by Crippen LogP contribution is -2.34. The molecule has 2 aromatic rings. The van der Waals surface area contributed by atoms with Gasteiger partial charge in [-0.2, -0.15) is 8.78 Å². The van der Waals surface area contributed by atoms with Gasteiger partial charge >= 0.3 is 5.92 Å². The predicted molar refractivity (Wildman–Crippen MR) is 99.7 cm³/mol. The van der Waals surface area contributed by atoms with Gasteiger partial charge in [0.25, 0.3) is 0 Å². The van der Waals surface area contributed by atoms with Crippen molar-refractivity contribution in [3.8, 4) is 0 Å². The topological polar surface area (TPSA) is 25.4 Å². The normalized spacial score (nSPS) is 19.9. The molecule has 2 nitrogen and oxygen atoms in total. The van der Waals surface area contributed by atoms with Crippen LogP contribution in [0.2, 0.25) is 0 Å². The van der Waals surface area contributed by atoms with Crippen LogP contribution >= 0.6 is 0 Å². The highest BCUT2D eigenvalue weighted by molar-refractivity contribution is 5.73. The second kappa shape index (κ2) is 7.36. The minimum absolute atomic E-state index is 0.382. The zero-order valence-corrected chi connectivity index (χ0v) is 15.5. The van der Waals surface area contributed by atoms with Gasteiger partial charge in [-0.15, -0.1) is 0 Å². The van der Waals surface area contributed by atoms with E-state index >= 15 is 8.78 Å². The molecule has 0 aliphatic carbocycles. The Labute approximate surface area is 160 Å². The van der Waals surface area contributed by atoms with Gasteiger partial charge in [-0.3, -0.25) is 4.98 Å². The Morgan fingerprint density at radius 3 is 2.43 bits per heavy atom. The highest BCUT2D eigenvalue weighted by atomic mass is 19.3. The second-order valence-electron chi connectivity index (χ2n) is 6.67. The molecule has 28 heavy (non-hydrogen) atoms. The van der Waals surface area contributed by atoms with Crippen molar-refractivity contribution in [3.05, 3.63) is 95.4 Å². The van der Waals surface area contributed by atoms with E-state index in [2.05, 4.69) is 11.6 Å². The molecule has 0 spiro atoms. The van der Waals surface area contributed by atoms with E-state index in [0.717, 1.165) is 23.3 Å². The van der Waals surface area contributed by atoms with E-state index in [1.54, 1.807) is 0 Å². The molecule has 1 aliphatic heterocycles. The van der Waals surface area contributed by atoms with Crippen LogP contribution in [-0.4, -0.2) is 11.6 Å². The van der Waals surface area contributed by atoms with Gasteiger partial charge in [-0.1, -0.05) is 36.4 Å². The summed E-state index contributed by atoms with van der Waals surface area (Å²) in [6.07, 6.45) is 6.78. The number of hydrogen-bond acceptors (Lipinski definition) is 2. The first-order valence-electron chi connectivity index (χ1n) is 8.65. The number of pyridine rings is 1. The van der Waals surface area contributed by atoms with E-state index in [4.69, 9.17) is 4.74 Å². The minimum Gasteiger partial charge on any atom is -0.357 e. The Hall–Kier alpha value is -2.73. The summed E-state index contributed by atoms with van der Waals surface area (Å²) in [4.78, 5) is 3.90. The number of epoxide rings is 1. The molecule has 146 valence electrons. The van der Waals surface area contributed by atoms with Crippen molar-refractivity contribution < 1.29 is 22.3 Å².